The number of nitrogens with zero attached hydrogens (tertiary/aromatic N) is 2. The molecule has 0 aromatic heterocycles. The van der Waals surface area contributed by atoms with Gasteiger partial charge in [0.1, 0.15) is 11.6 Å². The van der Waals surface area contributed by atoms with E-state index >= 15 is 0 Å². The van der Waals surface area contributed by atoms with Crippen LogP contribution in [0.15, 0.2) is 23.1 Å². The molecule has 2 saturated heterocycles. The van der Waals surface area contributed by atoms with Gasteiger partial charge in [-0.2, -0.15) is 4.31 Å². The van der Waals surface area contributed by atoms with Crippen molar-refractivity contribution < 1.29 is 26.9 Å². The van der Waals surface area contributed by atoms with Gasteiger partial charge in [0.15, 0.2) is 11.4 Å². The van der Waals surface area contributed by atoms with Crippen molar-refractivity contribution in [1.82, 2.24) is 9.21 Å². The summed E-state index contributed by atoms with van der Waals surface area (Å²) in [6.07, 6.45) is 3.43. The fraction of sp³-hybridized carbons (Fsp3) is 0.611. The van der Waals surface area contributed by atoms with Crippen LogP contribution in [0.5, 0.6) is 0 Å². The number of benzene rings is 1. The summed E-state index contributed by atoms with van der Waals surface area (Å²) >= 11 is 0. The molecule has 0 radical (unpaired) electrons. The lowest BCUT2D eigenvalue weighted by molar-refractivity contribution is -0.921. The number of carbonyl (C=O) groups excluding carboxylic acids is 1. The van der Waals surface area contributed by atoms with Crippen molar-refractivity contribution in [1.29, 1.82) is 0 Å². The number of hydrogen-bond acceptors (Lipinski definition) is 3. The number of likely N-dealkylation sites (tertiary alicyclic amines) is 1. The van der Waals surface area contributed by atoms with Crippen molar-refractivity contribution in [3.63, 3.8) is 0 Å². The van der Waals surface area contributed by atoms with E-state index in [1.54, 1.807) is 4.90 Å². The SMILES string of the molecule is C[C@@H]1CCCC[NH+]1CC(=O)N1CCN(S(=O)(=O)c2c(F)cccc2F)CC1. The summed E-state index contributed by atoms with van der Waals surface area (Å²) < 4.78 is 54.0. The van der Waals surface area contributed by atoms with Gasteiger partial charge in [0.25, 0.3) is 5.91 Å². The molecule has 2 atom stereocenters. The molecule has 9 heteroatoms. The van der Waals surface area contributed by atoms with Crippen molar-refractivity contribution >= 4 is 15.9 Å². The predicted molar refractivity (Wildman–Crippen MR) is 95.7 cm³/mol. The van der Waals surface area contributed by atoms with Gasteiger partial charge in [-0.25, -0.2) is 17.2 Å². The highest BCUT2D eigenvalue weighted by atomic mass is 32.2. The maximum atomic E-state index is 13.9. The number of amides is 1. The zero-order valence-electron chi connectivity index (χ0n) is 15.5. The highest BCUT2D eigenvalue weighted by molar-refractivity contribution is 7.89. The first kappa shape index (κ1) is 20.2. The Labute approximate surface area is 158 Å². The minimum Gasteiger partial charge on any atom is -0.335 e. The molecule has 1 aromatic rings. The molecule has 27 heavy (non-hydrogen) atoms. The first-order chi connectivity index (χ1) is 12.8. The van der Waals surface area contributed by atoms with Gasteiger partial charge < -0.3 is 9.80 Å². The molecule has 0 bridgehead atoms. The lowest BCUT2D eigenvalue weighted by Gasteiger charge is -2.36. The van der Waals surface area contributed by atoms with Gasteiger partial charge in [-0.3, -0.25) is 4.79 Å². The molecule has 2 heterocycles. The Morgan fingerprint density at radius 2 is 1.78 bits per heavy atom. The van der Waals surface area contributed by atoms with Crippen LogP contribution in [-0.2, 0) is 14.8 Å². The van der Waals surface area contributed by atoms with Gasteiger partial charge in [-0.05, 0) is 38.3 Å². The predicted octanol–water partition coefficient (Wildman–Crippen LogP) is 0.255. The van der Waals surface area contributed by atoms with E-state index in [9.17, 15) is 22.0 Å². The highest BCUT2D eigenvalue weighted by Gasteiger charge is 2.35. The third kappa shape index (κ3) is 4.30. The molecule has 6 nitrogen and oxygen atoms in total. The van der Waals surface area contributed by atoms with E-state index in [2.05, 4.69) is 6.92 Å². The van der Waals surface area contributed by atoms with Gasteiger partial charge in [0.05, 0.1) is 12.6 Å². The van der Waals surface area contributed by atoms with Crippen LogP contribution in [0.4, 0.5) is 8.78 Å². The molecular weight excluding hydrogens is 376 g/mol. The van der Waals surface area contributed by atoms with Crippen LogP contribution in [-0.4, -0.2) is 68.8 Å². The van der Waals surface area contributed by atoms with E-state index in [-0.39, 0.29) is 32.1 Å². The normalized spacial score (nSPS) is 24.8. The number of carbonyl (C=O) groups is 1. The number of piperazine rings is 1. The number of halogens is 2. The fourth-order valence-electron chi connectivity index (χ4n) is 3.86. The second-order valence-corrected chi connectivity index (χ2v) is 9.19. The topological polar surface area (TPSA) is 62.1 Å². The molecule has 150 valence electrons. The summed E-state index contributed by atoms with van der Waals surface area (Å²) in [7, 11) is -4.27. The standard InChI is InChI=1S/C18H25F2N3O3S/c1-14-5-2-3-8-22(14)13-17(24)21-9-11-23(12-10-21)27(25,26)18-15(19)6-4-7-16(18)20/h4,6-7,14H,2-3,5,8-13H2,1H3/p+1/t14-/m1/s1. The lowest BCUT2D eigenvalue weighted by atomic mass is 10.0. The van der Waals surface area contributed by atoms with E-state index in [1.807, 2.05) is 0 Å². The maximum Gasteiger partial charge on any atom is 0.277 e. The van der Waals surface area contributed by atoms with Crippen LogP contribution in [0, 0.1) is 11.6 Å². The molecule has 1 aromatic carbocycles. The van der Waals surface area contributed by atoms with E-state index in [4.69, 9.17) is 0 Å². The van der Waals surface area contributed by atoms with E-state index in [0.29, 0.717) is 12.6 Å². The monoisotopic (exact) mass is 402 g/mol. The average molecular weight is 402 g/mol. The van der Waals surface area contributed by atoms with Crippen LogP contribution in [0.25, 0.3) is 0 Å². The van der Waals surface area contributed by atoms with Gasteiger partial charge in [-0.15, -0.1) is 0 Å². The molecular formula is C18H26F2N3O3S+. The average Bonchev–Trinajstić information content (AvgIpc) is 2.63. The van der Waals surface area contributed by atoms with Gasteiger partial charge >= 0.3 is 0 Å². The van der Waals surface area contributed by atoms with Crippen LogP contribution in [0.3, 0.4) is 0 Å². The van der Waals surface area contributed by atoms with Gasteiger partial charge in [0.2, 0.25) is 10.0 Å². The van der Waals surface area contributed by atoms with Crippen molar-refractivity contribution in [3.05, 3.63) is 29.8 Å². The largest absolute Gasteiger partial charge is 0.335 e. The molecule has 0 aliphatic carbocycles. The molecule has 2 aliphatic heterocycles. The summed E-state index contributed by atoms with van der Waals surface area (Å²) in [5.74, 6) is -2.19. The third-order valence-electron chi connectivity index (χ3n) is 5.57. The summed E-state index contributed by atoms with van der Waals surface area (Å²) in [6, 6.07) is 3.44. The van der Waals surface area contributed by atoms with Crippen molar-refractivity contribution in [3.8, 4) is 0 Å². The van der Waals surface area contributed by atoms with Crippen molar-refractivity contribution in [2.75, 3.05) is 39.3 Å². The number of nitrogens with one attached hydrogen (secondary N) is 1. The number of piperidine rings is 1. The fourth-order valence-corrected chi connectivity index (χ4v) is 5.39. The third-order valence-corrected chi connectivity index (χ3v) is 7.52. The molecule has 2 aliphatic rings. The second kappa shape index (κ2) is 8.20. The van der Waals surface area contributed by atoms with E-state index in [0.717, 1.165) is 41.9 Å². The van der Waals surface area contributed by atoms with Gasteiger partial charge in [-0.1, -0.05) is 6.07 Å². The summed E-state index contributed by atoms with van der Waals surface area (Å²) in [5.41, 5.74) is 0. The Balaban J connectivity index is 1.62. The van der Waals surface area contributed by atoms with Crippen LogP contribution in [0.2, 0.25) is 0 Å². The quantitative estimate of drug-likeness (QED) is 0.786. The highest BCUT2D eigenvalue weighted by Crippen LogP contribution is 2.23. The molecule has 1 N–H and O–H groups in total. The van der Waals surface area contributed by atoms with Crippen molar-refractivity contribution in [2.45, 2.75) is 37.1 Å². The number of rotatable bonds is 4. The number of hydrogen-bond donors (Lipinski definition) is 1. The molecule has 1 amide bonds. The first-order valence-electron chi connectivity index (χ1n) is 9.37. The Morgan fingerprint density at radius 1 is 1.15 bits per heavy atom. The first-order valence-corrected chi connectivity index (χ1v) is 10.8. The molecule has 0 saturated carbocycles. The van der Waals surface area contributed by atoms with E-state index in [1.165, 1.54) is 11.3 Å². The Morgan fingerprint density at radius 3 is 2.37 bits per heavy atom. The lowest BCUT2D eigenvalue weighted by Crippen LogP contribution is -3.17. The number of sulfonamides is 1. The Bertz CT molecular complexity index is 775. The smallest absolute Gasteiger partial charge is 0.277 e. The van der Waals surface area contributed by atoms with Crippen LogP contribution >= 0.6 is 0 Å². The summed E-state index contributed by atoms with van der Waals surface area (Å²) in [6.45, 7) is 4.07. The Kier molecular flexibility index (Phi) is 6.12. The van der Waals surface area contributed by atoms with E-state index < -0.39 is 26.6 Å². The molecule has 2 fully saturated rings. The molecule has 3 rings (SSSR count). The minimum absolute atomic E-state index is 0.00729. The number of quaternary nitrogens is 1. The maximum absolute atomic E-state index is 13.9. The second-order valence-electron chi connectivity index (χ2n) is 7.32. The summed E-state index contributed by atoms with van der Waals surface area (Å²) in [5, 5.41) is 0. The van der Waals surface area contributed by atoms with Crippen LogP contribution < -0.4 is 4.90 Å². The summed E-state index contributed by atoms with van der Waals surface area (Å²) in [4.78, 5) is 14.6. The van der Waals surface area contributed by atoms with Crippen LogP contribution in [0.1, 0.15) is 26.2 Å². The minimum atomic E-state index is -4.27. The zero-order valence-corrected chi connectivity index (χ0v) is 16.3. The Hall–Kier alpha value is -1.58. The zero-order chi connectivity index (χ0) is 19.6. The molecule has 0 spiro atoms. The molecule has 1 unspecified atom stereocenters. The van der Waals surface area contributed by atoms with Gasteiger partial charge in [0, 0.05) is 26.2 Å². The van der Waals surface area contributed by atoms with Crippen molar-refractivity contribution in [2.24, 2.45) is 0 Å².